The number of piperazine rings is 1. The van der Waals surface area contributed by atoms with Crippen molar-refractivity contribution in [2.24, 2.45) is 0 Å². The summed E-state index contributed by atoms with van der Waals surface area (Å²) in [7, 11) is 0. The van der Waals surface area contributed by atoms with E-state index in [2.05, 4.69) is 5.32 Å². The van der Waals surface area contributed by atoms with Gasteiger partial charge >= 0.3 is 0 Å². The van der Waals surface area contributed by atoms with Crippen LogP contribution in [0.5, 0.6) is 0 Å². The fourth-order valence-electron chi connectivity index (χ4n) is 2.73. The number of rotatable bonds is 5. The molecule has 0 aliphatic carbocycles. The lowest BCUT2D eigenvalue weighted by Gasteiger charge is -2.33. The van der Waals surface area contributed by atoms with E-state index in [1.54, 1.807) is 41.5 Å². The monoisotopic (exact) mass is 373 g/mol. The molecule has 1 aliphatic heterocycles. The number of para-hydroxylation sites is 1. The van der Waals surface area contributed by atoms with Crippen molar-refractivity contribution in [3.8, 4) is 0 Å². The molecule has 1 fully saturated rings. The van der Waals surface area contributed by atoms with Gasteiger partial charge in [-0.25, -0.2) is 0 Å². The summed E-state index contributed by atoms with van der Waals surface area (Å²) in [5.41, 5.74) is 0.607. The van der Waals surface area contributed by atoms with Crippen LogP contribution in [0.3, 0.4) is 0 Å². The lowest BCUT2D eigenvalue weighted by atomic mass is 10.2. The van der Waals surface area contributed by atoms with Crippen LogP contribution in [0.25, 0.3) is 6.08 Å². The number of nitrogens with one attached hydrogen (secondary N) is 1. The molecular formula is C19H20ClN3O3. The van der Waals surface area contributed by atoms with E-state index in [1.165, 1.54) is 6.08 Å². The lowest BCUT2D eigenvalue weighted by Crippen LogP contribution is -2.50. The molecule has 2 heterocycles. The largest absolute Gasteiger partial charge is 0.465 e. The van der Waals surface area contributed by atoms with E-state index in [4.69, 9.17) is 16.0 Å². The number of carbonyl (C=O) groups excluding carboxylic acids is 2. The van der Waals surface area contributed by atoms with Crippen LogP contribution in [0.2, 0.25) is 5.02 Å². The maximum atomic E-state index is 12.2. The van der Waals surface area contributed by atoms with E-state index >= 15 is 0 Å². The molecular weight excluding hydrogens is 354 g/mol. The molecule has 0 atom stereocenters. The van der Waals surface area contributed by atoms with Crippen LogP contribution < -0.4 is 5.32 Å². The number of hydrogen-bond donors (Lipinski definition) is 1. The van der Waals surface area contributed by atoms with Gasteiger partial charge in [-0.2, -0.15) is 0 Å². The fraction of sp³-hybridized carbons (Fsp3) is 0.263. The third-order valence-corrected chi connectivity index (χ3v) is 4.46. The number of nitrogens with zero attached hydrogens (tertiary/aromatic N) is 2. The highest BCUT2D eigenvalue weighted by Gasteiger charge is 2.21. The van der Waals surface area contributed by atoms with Gasteiger partial charge in [0, 0.05) is 32.3 Å². The van der Waals surface area contributed by atoms with Crippen molar-refractivity contribution in [2.45, 2.75) is 0 Å². The van der Waals surface area contributed by atoms with Gasteiger partial charge in [0.2, 0.25) is 11.8 Å². The number of carbonyl (C=O) groups is 2. The third kappa shape index (κ3) is 4.97. The molecule has 136 valence electrons. The summed E-state index contributed by atoms with van der Waals surface area (Å²) >= 11 is 6.05. The van der Waals surface area contributed by atoms with Crippen molar-refractivity contribution in [1.82, 2.24) is 9.80 Å². The minimum atomic E-state index is -0.115. The van der Waals surface area contributed by atoms with E-state index in [0.717, 1.165) is 0 Å². The molecule has 0 saturated carbocycles. The maximum absolute atomic E-state index is 12.2. The topological polar surface area (TPSA) is 65.8 Å². The van der Waals surface area contributed by atoms with Crippen LogP contribution >= 0.6 is 11.6 Å². The first kappa shape index (κ1) is 18.2. The lowest BCUT2D eigenvalue weighted by molar-refractivity contribution is -0.127. The Morgan fingerprint density at radius 1 is 1.12 bits per heavy atom. The second-order valence-corrected chi connectivity index (χ2v) is 6.39. The zero-order valence-electron chi connectivity index (χ0n) is 14.2. The molecule has 2 amide bonds. The van der Waals surface area contributed by atoms with Gasteiger partial charge in [-0.3, -0.25) is 14.5 Å². The number of benzene rings is 1. The number of amides is 2. The highest BCUT2D eigenvalue weighted by atomic mass is 35.5. The number of hydrogen-bond acceptors (Lipinski definition) is 4. The van der Waals surface area contributed by atoms with Gasteiger partial charge < -0.3 is 14.6 Å². The molecule has 0 radical (unpaired) electrons. The van der Waals surface area contributed by atoms with Crippen molar-refractivity contribution in [1.29, 1.82) is 0 Å². The fourth-order valence-corrected chi connectivity index (χ4v) is 2.91. The predicted octanol–water partition coefficient (Wildman–Crippen LogP) is 2.73. The third-order valence-electron chi connectivity index (χ3n) is 4.13. The molecule has 2 aromatic rings. The van der Waals surface area contributed by atoms with Gasteiger partial charge in [0.05, 0.1) is 23.5 Å². The quantitative estimate of drug-likeness (QED) is 0.818. The zero-order chi connectivity index (χ0) is 18.4. The molecule has 1 aliphatic rings. The molecule has 3 rings (SSSR count). The van der Waals surface area contributed by atoms with Gasteiger partial charge in [-0.15, -0.1) is 0 Å². The van der Waals surface area contributed by atoms with Crippen molar-refractivity contribution in [3.63, 3.8) is 0 Å². The zero-order valence-corrected chi connectivity index (χ0v) is 15.0. The van der Waals surface area contributed by atoms with Crippen LogP contribution in [0, 0.1) is 0 Å². The molecule has 1 aromatic carbocycles. The minimum absolute atomic E-state index is 0.0541. The van der Waals surface area contributed by atoms with Gasteiger partial charge in [-0.1, -0.05) is 23.7 Å². The van der Waals surface area contributed by atoms with E-state index in [0.29, 0.717) is 42.6 Å². The summed E-state index contributed by atoms with van der Waals surface area (Å²) in [6.07, 6.45) is 4.74. The highest BCUT2D eigenvalue weighted by Crippen LogP contribution is 2.20. The van der Waals surface area contributed by atoms with Gasteiger partial charge in [0.25, 0.3) is 0 Å². The first-order chi connectivity index (χ1) is 12.6. The first-order valence-electron chi connectivity index (χ1n) is 8.39. The van der Waals surface area contributed by atoms with E-state index in [9.17, 15) is 9.59 Å². The second kappa shape index (κ2) is 8.69. The standard InChI is InChI=1S/C19H20ClN3O3/c20-16-5-1-2-6-17(16)21-18(24)14-22-9-11-23(12-10-22)19(25)8-7-15-4-3-13-26-15/h1-8,13H,9-12,14H2,(H,21,24)/b8-7+. The molecule has 1 saturated heterocycles. The Balaban J connectivity index is 1.44. The van der Waals surface area contributed by atoms with Crippen LogP contribution in [0.1, 0.15) is 5.76 Å². The first-order valence-corrected chi connectivity index (χ1v) is 8.77. The maximum Gasteiger partial charge on any atom is 0.246 e. The Kier molecular flexibility index (Phi) is 6.09. The van der Waals surface area contributed by atoms with Gasteiger partial charge in [-0.05, 0) is 30.3 Å². The summed E-state index contributed by atoms with van der Waals surface area (Å²) in [6, 6.07) is 10.7. The molecule has 1 aromatic heterocycles. The molecule has 26 heavy (non-hydrogen) atoms. The summed E-state index contributed by atoms with van der Waals surface area (Å²) in [5, 5.41) is 3.33. The summed E-state index contributed by atoms with van der Waals surface area (Å²) in [4.78, 5) is 28.1. The summed E-state index contributed by atoms with van der Waals surface area (Å²) in [6.45, 7) is 2.74. The van der Waals surface area contributed by atoms with Crippen LogP contribution in [0.15, 0.2) is 53.2 Å². The highest BCUT2D eigenvalue weighted by molar-refractivity contribution is 6.33. The van der Waals surface area contributed by atoms with Crippen LogP contribution in [-0.2, 0) is 9.59 Å². The minimum Gasteiger partial charge on any atom is -0.465 e. The Hall–Kier alpha value is -2.57. The Morgan fingerprint density at radius 2 is 1.88 bits per heavy atom. The second-order valence-electron chi connectivity index (χ2n) is 5.98. The van der Waals surface area contributed by atoms with E-state index in [-0.39, 0.29) is 18.4 Å². The van der Waals surface area contributed by atoms with E-state index in [1.807, 2.05) is 17.0 Å². The predicted molar refractivity (Wildman–Crippen MR) is 101 cm³/mol. The average molecular weight is 374 g/mol. The average Bonchev–Trinajstić information content (AvgIpc) is 3.16. The van der Waals surface area contributed by atoms with Gasteiger partial charge in [0.15, 0.2) is 0 Å². The van der Waals surface area contributed by atoms with Crippen LogP contribution in [0.4, 0.5) is 5.69 Å². The molecule has 0 unspecified atom stereocenters. The smallest absolute Gasteiger partial charge is 0.246 e. The number of halogens is 1. The number of furan rings is 1. The molecule has 6 nitrogen and oxygen atoms in total. The van der Waals surface area contributed by atoms with Crippen molar-refractivity contribution in [2.75, 3.05) is 38.0 Å². The Labute approximate surface area is 157 Å². The van der Waals surface area contributed by atoms with Crippen molar-refractivity contribution >= 4 is 35.2 Å². The van der Waals surface area contributed by atoms with E-state index < -0.39 is 0 Å². The SMILES string of the molecule is O=C(CN1CCN(C(=O)/C=C/c2ccco2)CC1)Nc1ccccc1Cl. The molecule has 0 spiro atoms. The van der Waals surface area contributed by atoms with Crippen LogP contribution in [-0.4, -0.2) is 54.3 Å². The number of anilines is 1. The van der Waals surface area contributed by atoms with Gasteiger partial charge in [0.1, 0.15) is 5.76 Å². The van der Waals surface area contributed by atoms with Crippen molar-refractivity contribution in [3.05, 3.63) is 59.5 Å². The normalized spacial score (nSPS) is 15.3. The van der Waals surface area contributed by atoms with Crippen molar-refractivity contribution < 1.29 is 14.0 Å². The molecule has 1 N–H and O–H groups in total. The molecule has 7 heteroatoms. The Bertz CT molecular complexity index is 781. The summed E-state index contributed by atoms with van der Waals surface area (Å²) < 4.78 is 5.17. The Morgan fingerprint density at radius 3 is 2.58 bits per heavy atom. The molecule has 0 bridgehead atoms. The summed E-state index contributed by atoms with van der Waals surface area (Å²) in [5.74, 6) is 0.477.